The molecule has 0 spiro atoms. The van der Waals surface area contributed by atoms with E-state index in [0.29, 0.717) is 11.5 Å². The van der Waals surface area contributed by atoms with Crippen LogP contribution in [-0.4, -0.2) is 24.0 Å². The monoisotopic (exact) mass is 460 g/mol. The maximum absolute atomic E-state index is 2.42. The molecule has 0 bridgehead atoms. The summed E-state index contributed by atoms with van der Waals surface area (Å²) in [6.45, 7) is 38.6. The SMILES string of the molecule is C.CCC(C)C.CCC(CC)(CC)C(C)C.CCC(CC)C(C)C.CCN(CC)C(C)C. The molecule has 0 heterocycles. The Morgan fingerprint density at radius 3 is 0.875 bits per heavy atom. The third-order valence-corrected chi connectivity index (χ3v) is 7.69. The van der Waals surface area contributed by atoms with Gasteiger partial charge in [0, 0.05) is 6.04 Å². The molecule has 0 atom stereocenters. The van der Waals surface area contributed by atoms with Gasteiger partial charge in [0.1, 0.15) is 0 Å². The van der Waals surface area contributed by atoms with Crippen molar-refractivity contribution in [2.75, 3.05) is 13.1 Å². The van der Waals surface area contributed by atoms with Crippen LogP contribution in [0, 0.1) is 29.1 Å². The van der Waals surface area contributed by atoms with Gasteiger partial charge in [0.2, 0.25) is 0 Å². The lowest BCUT2D eigenvalue weighted by atomic mass is 9.71. The molecule has 0 N–H and O–H groups in total. The van der Waals surface area contributed by atoms with E-state index in [1.165, 1.54) is 51.6 Å². The lowest BCUT2D eigenvalue weighted by molar-refractivity contribution is 0.162. The van der Waals surface area contributed by atoms with Gasteiger partial charge in [-0.2, -0.15) is 0 Å². The summed E-state index contributed by atoms with van der Waals surface area (Å²) in [5.74, 6) is 3.56. The Balaban J connectivity index is -0.000000103. The van der Waals surface area contributed by atoms with Gasteiger partial charge in [-0.3, -0.25) is 0 Å². The molecule has 202 valence electrons. The number of rotatable bonds is 11. The van der Waals surface area contributed by atoms with Crippen LogP contribution in [0.4, 0.5) is 0 Å². The maximum atomic E-state index is 2.42. The Bertz CT molecular complexity index is 280. The molecule has 0 aliphatic rings. The van der Waals surface area contributed by atoms with Crippen molar-refractivity contribution in [2.45, 2.75) is 163 Å². The van der Waals surface area contributed by atoms with Crippen molar-refractivity contribution in [3.8, 4) is 0 Å². The van der Waals surface area contributed by atoms with Crippen LogP contribution in [0.5, 0.6) is 0 Å². The second-order valence-corrected chi connectivity index (χ2v) is 10.5. The minimum Gasteiger partial charge on any atom is -0.301 e. The second-order valence-electron chi connectivity index (χ2n) is 10.5. The molecule has 1 nitrogen and oxygen atoms in total. The first-order valence-electron chi connectivity index (χ1n) is 14.1. The van der Waals surface area contributed by atoms with Gasteiger partial charge in [0.15, 0.2) is 0 Å². The molecule has 0 saturated carbocycles. The minimum absolute atomic E-state index is 0. The molecule has 0 aromatic heterocycles. The molecule has 0 aliphatic heterocycles. The highest BCUT2D eigenvalue weighted by Crippen LogP contribution is 2.37. The molecule has 0 saturated heterocycles. The highest BCUT2D eigenvalue weighted by Gasteiger charge is 2.27. The van der Waals surface area contributed by atoms with Crippen LogP contribution in [0.2, 0.25) is 0 Å². The van der Waals surface area contributed by atoms with E-state index in [-0.39, 0.29) is 7.43 Å². The summed E-state index contributed by atoms with van der Waals surface area (Å²) in [6.07, 6.45) is 7.98. The predicted octanol–water partition coefficient (Wildman–Crippen LogP) is 11.4. The van der Waals surface area contributed by atoms with Crippen molar-refractivity contribution in [3.05, 3.63) is 0 Å². The van der Waals surface area contributed by atoms with Gasteiger partial charge in [0.25, 0.3) is 0 Å². The van der Waals surface area contributed by atoms with Crippen LogP contribution in [-0.2, 0) is 0 Å². The van der Waals surface area contributed by atoms with Gasteiger partial charge in [-0.25, -0.2) is 0 Å². The highest BCUT2D eigenvalue weighted by molar-refractivity contribution is 4.77. The molecule has 1 heteroatoms. The second kappa shape index (κ2) is 27.2. The summed E-state index contributed by atoms with van der Waals surface area (Å²) in [4.78, 5) is 2.42. The van der Waals surface area contributed by atoms with E-state index in [1.807, 2.05) is 0 Å². The average Bonchev–Trinajstić information content (AvgIpc) is 2.72. The topological polar surface area (TPSA) is 3.24 Å². The van der Waals surface area contributed by atoms with Crippen LogP contribution >= 0.6 is 0 Å². The van der Waals surface area contributed by atoms with Crippen molar-refractivity contribution in [2.24, 2.45) is 29.1 Å². The molecule has 0 aliphatic carbocycles. The first-order chi connectivity index (χ1) is 14.3. The van der Waals surface area contributed by atoms with E-state index in [1.54, 1.807) is 0 Å². The van der Waals surface area contributed by atoms with Crippen LogP contribution in [0.25, 0.3) is 0 Å². The first-order valence-corrected chi connectivity index (χ1v) is 14.1. The zero-order valence-electron chi connectivity index (χ0n) is 25.5. The van der Waals surface area contributed by atoms with E-state index in [0.717, 1.165) is 23.7 Å². The minimum atomic E-state index is 0. The van der Waals surface area contributed by atoms with E-state index >= 15 is 0 Å². The Morgan fingerprint density at radius 1 is 0.562 bits per heavy atom. The van der Waals surface area contributed by atoms with Crippen molar-refractivity contribution in [1.29, 1.82) is 0 Å². The van der Waals surface area contributed by atoms with Gasteiger partial charge in [-0.15, -0.1) is 0 Å². The first kappa shape index (κ1) is 42.1. The lowest BCUT2D eigenvalue weighted by Crippen LogP contribution is -2.29. The van der Waals surface area contributed by atoms with Crippen LogP contribution in [0.1, 0.15) is 157 Å². The summed E-state index contributed by atoms with van der Waals surface area (Å²) in [5.41, 5.74) is 0.625. The molecule has 0 aromatic rings. The zero-order valence-corrected chi connectivity index (χ0v) is 25.5. The van der Waals surface area contributed by atoms with E-state index < -0.39 is 0 Å². The molecule has 0 aromatic carbocycles. The quantitative estimate of drug-likeness (QED) is 0.297. The third-order valence-electron chi connectivity index (χ3n) is 7.69. The zero-order chi connectivity index (χ0) is 25.6. The fourth-order valence-corrected chi connectivity index (χ4v) is 4.16. The van der Waals surface area contributed by atoms with Crippen molar-refractivity contribution < 1.29 is 0 Å². The van der Waals surface area contributed by atoms with Gasteiger partial charge in [0.05, 0.1) is 0 Å². The maximum Gasteiger partial charge on any atom is 0.00383 e. The Hall–Kier alpha value is -0.0400. The van der Waals surface area contributed by atoms with Gasteiger partial charge >= 0.3 is 0 Å². The van der Waals surface area contributed by atoms with Crippen LogP contribution in [0.15, 0.2) is 0 Å². The van der Waals surface area contributed by atoms with Gasteiger partial charge < -0.3 is 4.90 Å². The number of nitrogens with zero attached hydrogens (tertiary/aromatic N) is 1. The van der Waals surface area contributed by atoms with E-state index in [2.05, 4.69) is 116 Å². The molecule has 0 radical (unpaired) electrons. The standard InChI is InChI=1S/C10H22.C8H18.C7H17N.C5H12.CH4/c1-6-10(7-2,8-3)9(4)5;2*1-5-8(6-2)7(3)4;1-4-5(2)3;/h9H,6-8H2,1-5H3;7-8H,5-6H2,1-4H3;7H,5-6H2,1-4H3;5H,4H2,1-3H3;1H4. The summed E-state index contributed by atoms with van der Waals surface area (Å²) in [6, 6.07) is 0.713. The molecule has 0 amide bonds. The molecular weight excluding hydrogens is 386 g/mol. The molecular formula is C31H73N. The lowest BCUT2D eigenvalue weighted by Gasteiger charge is -2.34. The summed E-state index contributed by atoms with van der Waals surface area (Å²) < 4.78 is 0. The molecule has 0 rings (SSSR count). The van der Waals surface area contributed by atoms with Crippen molar-refractivity contribution in [3.63, 3.8) is 0 Å². The van der Waals surface area contributed by atoms with E-state index in [9.17, 15) is 0 Å². The summed E-state index contributed by atoms with van der Waals surface area (Å²) in [7, 11) is 0. The normalized spacial score (nSPS) is 11.1. The highest BCUT2D eigenvalue weighted by atomic mass is 15.1. The number of hydrogen-bond donors (Lipinski definition) is 0. The van der Waals surface area contributed by atoms with Crippen LogP contribution < -0.4 is 0 Å². The Kier molecular flexibility index (Phi) is 35.8. The largest absolute Gasteiger partial charge is 0.301 e. The molecule has 0 fully saturated rings. The summed E-state index contributed by atoms with van der Waals surface area (Å²) >= 11 is 0. The van der Waals surface area contributed by atoms with Crippen molar-refractivity contribution in [1.82, 2.24) is 4.90 Å². The number of hydrogen-bond acceptors (Lipinski definition) is 1. The summed E-state index contributed by atoms with van der Waals surface area (Å²) in [5, 5.41) is 0. The Morgan fingerprint density at radius 2 is 0.875 bits per heavy atom. The van der Waals surface area contributed by atoms with E-state index in [4.69, 9.17) is 0 Å². The van der Waals surface area contributed by atoms with Gasteiger partial charge in [-0.05, 0) is 56.0 Å². The fourth-order valence-electron chi connectivity index (χ4n) is 4.16. The van der Waals surface area contributed by atoms with Crippen LogP contribution in [0.3, 0.4) is 0 Å². The fraction of sp³-hybridized carbons (Fsp3) is 1.00. The smallest absolute Gasteiger partial charge is 0.00383 e. The predicted molar refractivity (Wildman–Crippen MR) is 157 cm³/mol. The Labute approximate surface area is 209 Å². The molecule has 32 heavy (non-hydrogen) atoms. The van der Waals surface area contributed by atoms with Crippen molar-refractivity contribution >= 4 is 0 Å². The molecule has 0 unspecified atom stereocenters. The average molecular weight is 460 g/mol. The van der Waals surface area contributed by atoms with Gasteiger partial charge in [-0.1, -0.05) is 143 Å². The third kappa shape index (κ3) is 23.1.